The predicted molar refractivity (Wildman–Crippen MR) is 111 cm³/mol. The first kappa shape index (κ1) is 19.6. The maximum atomic E-state index is 13.2. The van der Waals surface area contributed by atoms with Gasteiger partial charge in [-0.05, 0) is 73.0 Å². The van der Waals surface area contributed by atoms with Gasteiger partial charge in [0.2, 0.25) is 5.82 Å². The molecular weight excluding hydrogens is 383 g/mol. The van der Waals surface area contributed by atoms with Crippen molar-refractivity contribution in [2.24, 2.45) is 0 Å². The number of aryl methyl sites for hydroxylation is 1. The lowest BCUT2D eigenvalue weighted by Gasteiger charge is -2.08. The highest BCUT2D eigenvalue weighted by Gasteiger charge is 2.11. The Labute approximate surface area is 174 Å². The van der Waals surface area contributed by atoms with Gasteiger partial charge in [-0.3, -0.25) is 0 Å². The van der Waals surface area contributed by atoms with Crippen LogP contribution >= 0.6 is 0 Å². The Balaban J connectivity index is 1.36. The Hall–Kier alpha value is -3.67. The third kappa shape index (κ3) is 4.66. The van der Waals surface area contributed by atoms with Crippen LogP contribution in [0.1, 0.15) is 22.6 Å². The first-order valence-electron chi connectivity index (χ1n) is 9.58. The molecule has 30 heavy (non-hydrogen) atoms. The van der Waals surface area contributed by atoms with E-state index in [0.717, 1.165) is 22.4 Å². The molecule has 0 amide bonds. The van der Waals surface area contributed by atoms with Crippen molar-refractivity contribution < 1.29 is 18.4 Å². The number of rotatable bonds is 7. The SMILES string of the molecule is Cc1cccc(OCc2nc(-c3ccc(OCc4cccc(F)c4)cc3)no2)c1C. The highest BCUT2D eigenvalue weighted by Crippen LogP contribution is 2.23. The molecule has 4 aromatic rings. The van der Waals surface area contributed by atoms with Crippen LogP contribution in [-0.4, -0.2) is 10.1 Å². The zero-order valence-electron chi connectivity index (χ0n) is 16.8. The topological polar surface area (TPSA) is 57.4 Å². The summed E-state index contributed by atoms with van der Waals surface area (Å²) in [4.78, 5) is 4.40. The van der Waals surface area contributed by atoms with Crippen molar-refractivity contribution in [1.29, 1.82) is 0 Å². The van der Waals surface area contributed by atoms with Crippen molar-refractivity contribution >= 4 is 0 Å². The molecule has 0 spiro atoms. The van der Waals surface area contributed by atoms with E-state index in [-0.39, 0.29) is 12.4 Å². The first-order valence-corrected chi connectivity index (χ1v) is 9.58. The van der Waals surface area contributed by atoms with E-state index in [1.807, 2.05) is 62.4 Å². The number of aromatic nitrogens is 2. The third-order valence-electron chi connectivity index (χ3n) is 4.78. The van der Waals surface area contributed by atoms with Crippen molar-refractivity contribution in [3.8, 4) is 22.9 Å². The summed E-state index contributed by atoms with van der Waals surface area (Å²) in [5, 5.41) is 4.02. The van der Waals surface area contributed by atoms with E-state index in [4.69, 9.17) is 14.0 Å². The molecule has 0 radical (unpaired) electrons. The molecule has 0 aliphatic rings. The summed E-state index contributed by atoms with van der Waals surface area (Å²) >= 11 is 0. The molecular formula is C24H21FN2O3. The van der Waals surface area contributed by atoms with E-state index in [9.17, 15) is 4.39 Å². The Kier molecular flexibility index (Phi) is 5.75. The zero-order valence-corrected chi connectivity index (χ0v) is 16.8. The Morgan fingerprint density at radius 3 is 2.50 bits per heavy atom. The van der Waals surface area contributed by atoms with Gasteiger partial charge in [-0.15, -0.1) is 0 Å². The Morgan fingerprint density at radius 2 is 1.70 bits per heavy atom. The summed E-state index contributed by atoms with van der Waals surface area (Å²) in [7, 11) is 0. The molecule has 152 valence electrons. The van der Waals surface area contributed by atoms with Crippen molar-refractivity contribution in [2.45, 2.75) is 27.1 Å². The Morgan fingerprint density at radius 1 is 0.900 bits per heavy atom. The number of benzene rings is 3. The van der Waals surface area contributed by atoms with Crippen LogP contribution in [0.15, 0.2) is 71.3 Å². The number of hydrogen-bond donors (Lipinski definition) is 0. The van der Waals surface area contributed by atoms with Crippen LogP contribution in [0.2, 0.25) is 0 Å². The molecule has 3 aromatic carbocycles. The molecule has 0 N–H and O–H groups in total. The number of ether oxygens (including phenoxy) is 2. The molecule has 0 aliphatic heterocycles. The zero-order chi connectivity index (χ0) is 20.9. The molecule has 0 bridgehead atoms. The minimum Gasteiger partial charge on any atom is -0.489 e. The molecule has 1 aromatic heterocycles. The molecule has 0 saturated heterocycles. The summed E-state index contributed by atoms with van der Waals surface area (Å²) in [6.07, 6.45) is 0. The standard InChI is InChI=1S/C24H21FN2O3/c1-16-5-3-8-22(17(16)2)29-15-23-26-24(27-30-23)19-9-11-21(12-10-19)28-14-18-6-4-7-20(25)13-18/h3-13H,14-15H2,1-2H3. The fourth-order valence-corrected chi connectivity index (χ4v) is 2.94. The normalized spacial score (nSPS) is 10.8. The summed E-state index contributed by atoms with van der Waals surface area (Å²) in [5.41, 5.74) is 3.82. The molecule has 0 aliphatic carbocycles. The van der Waals surface area contributed by atoms with Crippen LogP contribution in [0, 0.1) is 19.7 Å². The van der Waals surface area contributed by atoms with Crippen molar-refractivity contribution in [3.63, 3.8) is 0 Å². The van der Waals surface area contributed by atoms with E-state index in [1.54, 1.807) is 6.07 Å². The molecule has 1 heterocycles. The molecule has 5 nitrogen and oxygen atoms in total. The van der Waals surface area contributed by atoms with Crippen molar-refractivity contribution in [2.75, 3.05) is 0 Å². The number of hydrogen-bond acceptors (Lipinski definition) is 5. The minimum absolute atomic E-state index is 0.201. The summed E-state index contributed by atoms with van der Waals surface area (Å²) < 4.78 is 30.1. The third-order valence-corrected chi connectivity index (χ3v) is 4.78. The number of halogens is 1. The van der Waals surface area contributed by atoms with Crippen LogP contribution < -0.4 is 9.47 Å². The fourth-order valence-electron chi connectivity index (χ4n) is 2.94. The molecule has 0 unspecified atom stereocenters. The summed E-state index contributed by atoms with van der Waals surface area (Å²) in [5.74, 6) is 2.07. The average Bonchev–Trinajstić information content (AvgIpc) is 3.23. The molecule has 0 saturated carbocycles. The molecule has 0 fully saturated rings. The minimum atomic E-state index is -0.277. The largest absolute Gasteiger partial charge is 0.489 e. The van der Waals surface area contributed by atoms with Gasteiger partial charge in [-0.1, -0.05) is 29.4 Å². The lowest BCUT2D eigenvalue weighted by atomic mass is 10.1. The Bertz CT molecular complexity index is 1140. The second-order valence-corrected chi connectivity index (χ2v) is 6.94. The smallest absolute Gasteiger partial charge is 0.264 e. The maximum absolute atomic E-state index is 13.2. The van der Waals surface area contributed by atoms with Crippen LogP contribution in [0.3, 0.4) is 0 Å². The van der Waals surface area contributed by atoms with E-state index in [2.05, 4.69) is 10.1 Å². The van der Waals surface area contributed by atoms with Gasteiger partial charge in [0.25, 0.3) is 5.89 Å². The van der Waals surface area contributed by atoms with Gasteiger partial charge < -0.3 is 14.0 Å². The van der Waals surface area contributed by atoms with Crippen molar-refractivity contribution in [1.82, 2.24) is 10.1 Å². The second kappa shape index (κ2) is 8.78. The molecule has 0 atom stereocenters. The highest BCUT2D eigenvalue weighted by atomic mass is 19.1. The maximum Gasteiger partial charge on any atom is 0.264 e. The average molecular weight is 404 g/mol. The molecule has 4 rings (SSSR count). The first-order chi connectivity index (χ1) is 14.6. The summed E-state index contributed by atoms with van der Waals surface area (Å²) in [6, 6.07) is 19.6. The van der Waals surface area contributed by atoms with Gasteiger partial charge in [0.05, 0.1) is 0 Å². The van der Waals surface area contributed by atoms with Gasteiger partial charge in [0, 0.05) is 5.56 Å². The molecule has 6 heteroatoms. The van der Waals surface area contributed by atoms with Gasteiger partial charge >= 0.3 is 0 Å². The van der Waals surface area contributed by atoms with E-state index < -0.39 is 0 Å². The van der Waals surface area contributed by atoms with Gasteiger partial charge in [-0.2, -0.15) is 4.98 Å². The van der Waals surface area contributed by atoms with Crippen LogP contribution in [0.25, 0.3) is 11.4 Å². The van der Waals surface area contributed by atoms with Crippen LogP contribution in [0.5, 0.6) is 11.5 Å². The van der Waals surface area contributed by atoms with Gasteiger partial charge in [-0.25, -0.2) is 4.39 Å². The monoisotopic (exact) mass is 404 g/mol. The van der Waals surface area contributed by atoms with E-state index in [1.165, 1.54) is 17.7 Å². The summed E-state index contributed by atoms with van der Waals surface area (Å²) in [6.45, 7) is 4.55. The number of nitrogens with zero attached hydrogens (tertiary/aromatic N) is 2. The fraction of sp³-hybridized carbons (Fsp3) is 0.167. The quantitative estimate of drug-likeness (QED) is 0.398. The predicted octanol–water partition coefficient (Wildman–Crippen LogP) is 5.65. The van der Waals surface area contributed by atoms with Gasteiger partial charge in [0.1, 0.15) is 23.9 Å². The van der Waals surface area contributed by atoms with E-state index in [0.29, 0.717) is 24.1 Å². The second-order valence-electron chi connectivity index (χ2n) is 6.94. The van der Waals surface area contributed by atoms with E-state index >= 15 is 0 Å². The van der Waals surface area contributed by atoms with Gasteiger partial charge in [0.15, 0.2) is 6.61 Å². The lowest BCUT2D eigenvalue weighted by molar-refractivity contribution is 0.241. The lowest BCUT2D eigenvalue weighted by Crippen LogP contribution is -1.98. The van der Waals surface area contributed by atoms with Crippen LogP contribution in [-0.2, 0) is 13.2 Å². The highest BCUT2D eigenvalue weighted by molar-refractivity contribution is 5.55. The van der Waals surface area contributed by atoms with Crippen LogP contribution in [0.4, 0.5) is 4.39 Å². The van der Waals surface area contributed by atoms with Crippen molar-refractivity contribution in [3.05, 3.63) is 95.1 Å².